The number of hydrogen-bond acceptors (Lipinski definition) is 2. The Bertz CT molecular complexity index is 60.3. The first-order valence-electron chi connectivity index (χ1n) is 4.17. The summed E-state index contributed by atoms with van der Waals surface area (Å²) in [6.07, 6.45) is 4.97. The molecule has 62 valence electrons. The van der Waals surface area contributed by atoms with Gasteiger partial charge in [-0.3, -0.25) is 0 Å². The molecule has 1 aliphatic rings. The van der Waals surface area contributed by atoms with Crippen molar-refractivity contribution in [3.63, 3.8) is 0 Å². The van der Waals surface area contributed by atoms with Gasteiger partial charge in [-0.2, -0.15) is 11.8 Å². The van der Waals surface area contributed by atoms with E-state index < -0.39 is 0 Å². The van der Waals surface area contributed by atoms with Crippen molar-refractivity contribution in [2.75, 3.05) is 19.3 Å². The first-order valence-corrected chi connectivity index (χ1v) is 5.46. The summed E-state index contributed by atoms with van der Waals surface area (Å²) in [5, 5.41) is 4.26. The topological polar surface area (TPSA) is 12.0 Å². The fourth-order valence-corrected chi connectivity index (χ4v) is 1.71. The maximum absolute atomic E-state index is 3.36. The molecule has 1 N–H and O–H groups in total. The molecule has 1 nitrogen and oxygen atoms in total. The van der Waals surface area contributed by atoms with Gasteiger partial charge in [-0.25, -0.2) is 0 Å². The van der Waals surface area contributed by atoms with E-state index >= 15 is 0 Å². The maximum atomic E-state index is 3.36. The van der Waals surface area contributed by atoms with Gasteiger partial charge in [0.25, 0.3) is 0 Å². The quantitative estimate of drug-likeness (QED) is 0.632. The summed E-state index contributed by atoms with van der Waals surface area (Å²) in [7, 11) is 0. The summed E-state index contributed by atoms with van der Waals surface area (Å²) < 4.78 is 0. The SMILES string of the molecule is CC.CSC1CCCNC1. The van der Waals surface area contributed by atoms with Crippen molar-refractivity contribution >= 4 is 11.8 Å². The van der Waals surface area contributed by atoms with Crippen LogP contribution in [0.4, 0.5) is 0 Å². The largest absolute Gasteiger partial charge is 0.316 e. The normalized spacial score (nSPS) is 24.9. The van der Waals surface area contributed by atoms with Crippen LogP contribution in [-0.4, -0.2) is 24.6 Å². The van der Waals surface area contributed by atoms with E-state index in [9.17, 15) is 0 Å². The Labute approximate surface area is 69.0 Å². The third-order valence-electron chi connectivity index (χ3n) is 1.58. The highest BCUT2D eigenvalue weighted by Crippen LogP contribution is 2.14. The highest BCUT2D eigenvalue weighted by atomic mass is 32.2. The van der Waals surface area contributed by atoms with E-state index in [1.165, 1.54) is 25.9 Å². The first-order chi connectivity index (χ1) is 4.93. The summed E-state index contributed by atoms with van der Waals surface area (Å²) in [5.41, 5.74) is 0. The van der Waals surface area contributed by atoms with Crippen LogP contribution >= 0.6 is 11.8 Å². The minimum absolute atomic E-state index is 0.892. The van der Waals surface area contributed by atoms with E-state index in [0.29, 0.717) is 0 Å². The van der Waals surface area contributed by atoms with Crippen molar-refractivity contribution in [2.45, 2.75) is 31.9 Å². The average molecular weight is 161 g/mol. The van der Waals surface area contributed by atoms with Crippen LogP contribution in [-0.2, 0) is 0 Å². The van der Waals surface area contributed by atoms with E-state index in [0.717, 1.165) is 5.25 Å². The summed E-state index contributed by atoms with van der Waals surface area (Å²) in [5.74, 6) is 0. The molecule has 0 amide bonds. The zero-order chi connectivity index (χ0) is 7.82. The zero-order valence-corrected chi connectivity index (χ0v) is 8.13. The molecule has 0 saturated carbocycles. The van der Waals surface area contributed by atoms with Crippen molar-refractivity contribution in [2.24, 2.45) is 0 Å². The Balaban J connectivity index is 0.000000371. The Morgan fingerprint density at radius 1 is 1.40 bits per heavy atom. The lowest BCUT2D eigenvalue weighted by atomic mass is 10.2. The van der Waals surface area contributed by atoms with Gasteiger partial charge < -0.3 is 5.32 Å². The molecule has 0 aromatic carbocycles. The second-order valence-electron chi connectivity index (χ2n) is 2.20. The molecule has 0 aromatic heterocycles. The molecule has 1 fully saturated rings. The van der Waals surface area contributed by atoms with Gasteiger partial charge in [0.05, 0.1) is 0 Å². The Hall–Kier alpha value is 0.310. The predicted molar refractivity (Wildman–Crippen MR) is 50.8 cm³/mol. The molecule has 10 heavy (non-hydrogen) atoms. The second-order valence-corrected chi connectivity index (χ2v) is 3.34. The van der Waals surface area contributed by atoms with E-state index in [-0.39, 0.29) is 0 Å². The number of hydrogen-bond donors (Lipinski definition) is 1. The zero-order valence-electron chi connectivity index (χ0n) is 7.31. The molecule has 2 heteroatoms. The molecule has 0 radical (unpaired) electrons. The van der Waals surface area contributed by atoms with Crippen LogP contribution in [0.3, 0.4) is 0 Å². The number of nitrogens with one attached hydrogen (secondary N) is 1. The third-order valence-corrected chi connectivity index (χ3v) is 2.65. The minimum Gasteiger partial charge on any atom is -0.316 e. The molecule has 1 heterocycles. The molecule has 0 aliphatic carbocycles. The minimum atomic E-state index is 0.892. The summed E-state index contributed by atoms with van der Waals surface area (Å²) in [6.45, 7) is 6.46. The van der Waals surface area contributed by atoms with E-state index in [1.807, 2.05) is 25.6 Å². The molecular weight excluding hydrogens is 142 g/mol. The molecule has 1 unspecified atom stereocenters. The Morgan fingerprint density at radius 3 is 2.40 bits per heavy atom. The average Bonchev–Trinajstić information content (AvgIpc) is 2.10. The second kappa shape index (κ2) is 7.42. The van der Waals surface area contributed by atoms with Crippen molar-refractivity contribution < 1.29 is 0 Å². The standard InChI is InChI=1S/C6H13NS.C2H6/c1-8-6-3-2-4-7-5-6;1-2/h6-7H,2-5H2,1H3;1-2H3. The molecule has 1 saturated heterocycles. The van der Waals surface area contributed by atoms with Crippen LogP contribution in [0.25, 0.3) is 0 Å². The van der Waals surface area contributed by atoms with E-state index in [1.54, 1.807) is 0 Å². The van der Waals surface area contributed by atoms with Crippen LogP contribution in [0, 0.1) is 0 Å². The van der Waals surface area contributed by atoms with Gasteiger partial charge in [0.1, 0.15) is 0 Å². The lowest BCUT2D eigenvalue weighted by Gasteiger charge is -2.19. The smallest absolute Gasteiger partial charge is 0.0170 e. The Kier molecular flexibility index (Phi) is 7.65. The monoisotopic (exact) mass is 161 g/mol. The van der Waals surface area contributed by atoms with Gasteiger partial charge in [-0.05, 0) is 25.6 Å². The van der Waals surface area contributed by atoms with Gasteiger partial charge in [-0.15, -0.1) is 0 Å². The van der Waals surface area contributed by atoms with Crippen LogP contribution in [0.2, 0.25) is 0 Å². The lowest BCUT2D eigenvalue weighted by molar-refractivity contribution is 0.532. The third kappa shape index (κ3) is 4.18. The van der Waals surface area contributed by atoms with Gasteiger partial charge in [0.2, 0.25) is 0 Å². The maximum Gasteiger partial charge on any atom is 0.0170 e. The van der Waals surface area contributed by atoms with Gasteiger partial charge in [0, 0.05) is 11.8 Å². The number of rotatable bonds is 1. The van der Waals surface area contributed by atoms with Crippen LogP contribution < -0.4 is 5.32 Å². The molecule has 0 bridgehead atoms. The number of piperidine rings is 1. The number of thioether (sulfide) groups is 1. The van der Waals surface area contributed by atoms with Gasteiger partial charge >= 0.3 is 0 Å². The van der Waals surface area contributed by atoms with Crippen molar-refractivity contribution in [3.05, 3.63) is 0 Å². The van der Waals surface area contributed by atoms with Crippen LogP contribution in [0.15, 0.2) is 0 Å². The van der Waals surface area contributed by atoms with Crippen LogP contribution in [0.5, 0.6) is 0 Å². The molecule has 0 aromatic rings. The molecule has 1 aliphatic heterocycles. The Morgan fingerprint density at radius 2 is 2.10 bits per heavy atom. The van der Waals surface area contributed by atoms with Crippen molar-refractivity contribution in [1.29, 1.82) is 0 Å². The van der Waals surface area contributed by atoms with Crippen LogP contribution in [0.1, 0.15) is 26.7 Å². The van der Waals surface area contributed by atoms with E-state index in [4.69, 9.17) is 0 Å². The summed E-state index contributed by atoms with van der Waals surface area (Å²) in [4.78, 5) is 0. The van der Waals surface area contributed by atoms with Gasteiger partial charge in [0.15, 0.2) is 0 Å². The van der Waals surface area contributed by atoms with Crippen molar-refractivity contribution in [3.8, 4) is 0 Å². The van der Waals surface area contributed by atoms with Crippen molar-refractivity contribution in [1.82, 2.24) is 5.32 Å². The molecular formula is C8H19NS. The summed E-state index contributed by atoms with van der Waals surface area (Å²) in [6, 6.07) is 0. The molecule has 0 spiro atoms. The first kappa shape index (κ1) is 10.3. The predicted octanol–water partition coefficient (Wildman–Crippen LogP) is 2.13. The highest BCUT2D eigenvalue weighted by molar-refractivity contribution is 7.99. The molecule has 1 rings (SSSR count). The summed E-state index contributed by atoms with van der Waals surface area (Å²) >= 11 is 1.98. The fourth-order valence-electron chi connectivity index (χ4n) is 1.02. The lowest BCUT2D eigenvalue weighted by Crippen LogP contribution is -2.31. The van der Waals surface area contributed by atoms with E-state index in [2.05, 4.69) is 11.6 Å². The fraction of sp³-hybridized carbons (Fsp3) is 1.00. The molecule has 1 atom stereocenters. The highest BCUT2D eigenvalue weighted by Gasteiger charge is 2.09. The van der Waals surface area contributed by atoms with Gasteiger partial charge in [-0.1, -0.05) is 13.8 Å².